The first-order valence-electron chi connectivity index (χ1n) is 13.1. The molecule has 184 valence electrons. The maximum Gasteiger partial charge on any atom is 0.187 e. The zero-order valence-corrected chi connectivity index (χ0v) is 23.5. The lowest BCUT2D eigenvalue weighted by molar-refractivity contribution is 1.42. The molecule has 39 heavy (non-hydrogen) atoms. The molecule has 0 nitrogen and oxygen atoms in total. The fourth-order valence-electron chi connectivity index (χ4n) is 5.64. The highest BCUT2D eigenvalue weighted by atomic mass is 32.2. The molecule has 0 aliphatic carbocycles. The van der Waals surface area contributed by atoms with Crippen LogP contribution in [0, 0.1) is 0 Å². The van der Waals surface area contributed by atoms with E-state index in [0.29, 0.717) is 0 Å². The lowest BCUT2D eigenvalue weighted by Crippen LogP contribution is -1.76. The highest BCUT2D eigenvalue weighted by Gasteiger charge is 2.24. The standard InChI is InChI=1S/C36H24S3/c1-5-13-33-29(9-1)30-10-2-6-14-34(30)38(33)27-21-17-25(18-22-27)37-26-19-23-28(24-20-26)39-35-15-7-3-11-31(35)32-12-4-8-16-36(32)39/h1-24H/q+2. The summed E-state index contributed by atoms with van der Waals surface area (Å²) in [6.45, 7) is 0. The molecule has 0 atom stereocenters. The van der Waals surface area contributed by atoms with Crippen LogP contribution in [0.1, 0.15) is 0 Å². The van der Waals surface area contributed by atoms with Gasteiger partial charge in [-0.05, 0) is 97.1 Å². The van der Waals surface area contributed by atoms with Gasteiger partial charge in [0.25, 0.3) is 0 Å². The first kappa shape index (κ1) is 23.0. The molecule has 0 aliphatic heterocycles. The van der Waals surface area contributed by atoms with Gasteiger partial charge in [-0.2, -0.15) is 0 Å². The Morgan fingerprint density at radius 1 is 0.308 bits per heavy atom. The fraction of sp³-hybridized carbons (Fsp3) is 0. The summed E-state index contributed by atoms with van der Waals surface area (Å²) in [5, 5.41) is 5.51. The third-order valence-electron chi connectivity index (χ3n) is 7.36. The summed E-state index contributed by atoms with van der Waals surface area (Å²) in [6, 6.07) is 54.0. The Hall–Kier alpha value is -3.89. The molecule has 0 bridgehead atoms. The second-order valence-corrected chi connectivity index (χ2v) is 14.7. The lowest BCUT2D eigenvalue weighted by atomic mass is 10.2. The van der Waals surface area contributed by atoms with E-state index in [9.17, 15) is 0 Å². The monoisotopic (exact) mass is 552 g/mol. The Labute approximate surface area is 237 Å². The molecule has 3 heteroatoms. The Morgan fingerprint density at radius 3 is 0.897 bits per heavy atom. The van der Waals surface area contributed by atoms with Gasteiger partial charge in [0.1, 0.15) is 0 Å². The maximum atomic E-state index is 2.33. The molecular formula is C36H24S3+2. The largest absolute Gasteiger partial charge is 0.187 e. The highest BCUT2D eigenvalue weighted by molar-refractivity contribution is 7.99. The summed E-state index contributed by atoms with van der Waals surface area (Å²) in [7, 11) is -0.0893. The number of hydrogen-bond donors (Lipinski definition) is 0. The number of fused-ring (bicyclic) bond motifs is 6. The molecule has 0 aliphatic rings. The van der Waals surface area contributed by atoms with Crippen molar-refractivity contribution in [1.82, 2.24) is 0 Å². The highest BCUT2D eigenvalue weighted by Crippen LogP contribution is 2.50. The zero-order valence-electron chi connectivity index (χ0n) is 21.1. The van der Waals surface area contributed by atoms with Crippen molar-refractivity contribution in [3.05, 3.63) is 146 Å². The van der Waals surface area contributed by atoms with E-state index >= 15 is 0 Å². The molecule has 0 N–H and O–H groups in total. The van der Waals surface area contributed by atoms with Crippen molar-refractivity contribution < 1.29 is 0 Å². The van der Waals surface area contributed by atoms with E-state index in [1.54, 1.807) is 0 Å². The van der Waals surface area contributed by atoms with Crippen molar-refractivity contribution >= 4 is 73.0 Å². The minimum Gasteiger partial charge on any atom is -0.0901 e. The molecule has 8 aromatic rings. The van der Waals surface area contributed by atoms with Crippen LogP contribution in [0.3, 0.4) is 0 Å². The molecular weight excluding hydrogens is 529 g/mol. The van der Waals surface area contributed by atoms with E-state index < -0.39 is 0 Å². The summed E-state index contributed by atoms with van der Waals surface area (Å²) in [6.07, 6.45) is 0. The minimum absolute atomic E-state index is 0.0446. The predicted molar refractivity (Wildman–Crippen MR) is 175 cm³/mol. The third kappa shape index (κ3) is 3.81. The van der Waals surface area contributed by atoms with Gasteiger partial charge in [-0.15, -0.1) is 0 Å². The second-order valence-electron chi connectivity index (χ2n) is 9.64. The molecule has 6 aromatic carbocycles. The number of hydrogen-bond acceptors (Lipinski definition) is 1. The van der Waals surface area contributed by atoms with E-state index in [1.165, 1.54) is 59.9 Å². The second kappa shape index (κ2) is 9.39. The zero-order chi connectivity index (χ0) is 25.8. The lowest BCUT2D eigenvalue weighted by Gasteiger charge is -2.02. The van der Waals surface area contributed by atoms with Gasteiger partial charge in [0.2, 0.25) is 0 Å². The summed E-state index contributed by atoms with van der Waals surface area (Å²) < 4.78 is 5.74. The van der Waals surface area contributed by atoms with Gasteiger partial charge in [-0.25, -0.2) is 0 Å². The van der Waals surface area contributed by atoms with Crippen molar-refractivity contribution in [2.45, 2.75) is 9.79 Å². The van der Waals surface area contributed by atoms with Crippen LogP contribution in [0.5, 0.6) is 0 Å². The van der Waals surface area contributed by atoms with Crippen LogP contribution < -0.4 is 0 Å². The van der Waals surface area contributed by atoms with E-state index in [4.69, 9.17) is 0 Å². The Morgan fingerprint density at radius 2 is 0.590 bits per heavy atom. The number of thiophene rings is 2. The Bertz CT molecular complexity index is 1870. The van der Waals surface area contributed by atoms with Gasteiger partial charge in [0, 0.05) is 52.3 Å². The van der Waals surface area contributed by atoms with Gasteiger partial charge in [0.15, 0.2) is 28.6 Å². The normalized spacial score (nSPS) is 11.7. The van der Waals surface area contributed by atoms with Crippen LogP contribution in [-0.4, -0.2) is 0 Å². The van der Waals surface area contributed by atoms with Crippen LogP contribution in [-0.2, 0) is 0 Å². The van der Waals surface area contributed by atoms with Gasteiger partial charge in [-0.3, -0.25) is 0 Å². The van der Waals surface area contributed by atoms with Gasteiger partial charge >= 0.3 is 0 Å². The predicted octanol–water partition coefficient (Wildman–Crippen LogP) is 11.9. The van der Waals surface area contributed by atoms with Crippen LogP contribution >= 0.6 is 32.7 Å². The molecule has 2 aromatic heterocycles. The quantitative estimate of drug-likeness (QED) is 0.196. The van der Waals surface area contributed by atoms with Gasteiger partial charge in [-0.1, -0.05) is 60.3 Å². The average molecular weight is 553 g/mol. The maximum absolute atomic E-state index is 2.33. The summed E-state index contributed by atoms with van der Waals surface area (Å²) >= 11 is 1.84. The summed E-state index contributed by atoms with van der Waals surface area (Å²) in [5.74, 6) is 0. The van der Waals surface area contributed by atoms with Gasteiger partial charge in [0.05, 0.1) is 0 Å². The minimum atomic E-state index is -0.0446. The van der Waals surface area contributed by atoms with E-state index in [1.807, 2.05) is 11.8 Å². The molecule has 8 rings (SSSR count). The molecule has 0 saturated heterocycles. The van der Waals surface area contributed by atoms with Crippen molar-refractivity contribution in [3.8, 4) is 9.79 Å². The first-order chi connectivity index (χ1) is 19.3. The van der Waals surface area contributed by atoms with Crippen molar-refractivity contribution in [2.75, 3.05) is 0 Å². The average Bonchev–Trinajstić information content (AvgIpc) is 3.51. The van der Waals surface area contributed by atoms with E-state index in [2.05, 4.69) is 146 Å². The van der Waals surface area contributed by atoms with Gasteiger partial charge < -0.3 is 0 Å². The molecule has 0 saturated carbocycles. The van der Waals surface area contributed by atoms with Crippen molar-refractivity contribution in [2.24, 2.45) is 0 Å². The molecule has 0 amide bonds. The van der Waals surface area contributed by atoms with Crippen molar-refractivity contribution in [3.63, 3.8) is 0 Å². The van der Waals surface area contributed by atoms with Crippen LogP contribution in [0.15, 0.2) is 155 Å². The third-order valence-corrected chi connectivity index (χ3v) is 13.0. The summed E-state index contributed by atoms with van der Waals surface area (Å²) in [5.41, 5.74) is 0. The molecule has 0 fully saturated rings. The fourth-order valence-corrected chi connectivity index (χ4v) is 11.2. The first-order valence-corrected chi connectivity index (χ1v) is 16.4. The molecule has 0 radical (unpaired) electrons. The Balaban J connectivity index is 1.12. The number of rotatable bonds is 4. The van der Waals surface area contributed by atoms with Crippen LogP contribution in [0.25, 0.3) is 50.1 Å². The molecule has 0 unspecified atom stereocenters. The van der Waals surface area contributed by atoms with E-state index in [-0.39, 0.29) is 20.9 Å². The molecule has 2 heterocycles. The number of benzene rings is 6. The van der Waals surface area contributed by atoms with Crippen molar-refractivity contribution in [1.29, 1.82) is 0 Å². The van der Waals surface area contributed by atoms with Crippen LogP contribution in [0.4, 0.5) is 0 Å². The SMILES string of the molecule is c1ccc2c(c1)c1ccccc1[s+]2-c1ccc(Sc2ccc(-[s+]3c4ccccc4c4ccccc43)cc2)cc1. The van der Waals surface area contributed by atoms with E-state index in [0.717, 1.165) is 0 Å². The topological polar surface area (TPSA) is 0 Å². The molecule has 0 spiro atoms. The van der Waals surface area contributed by atoms with Crippen LogP contribution in [0.2, 0.25) is 0 Å². The summed E-state index contributed by atoms with van der Waals surface area (Å²) in [4.78, 5) is 5.31. The smallest absolute Gasteiger partial charge is 0.0901 e. The Kier molecular flexibility index (Phi) is 5.55.